The summed E-state index contributed by atoms with van der Waals surface area (Å²) in [7, 11) is 0. The second kappa shape index (κ2) is 6.48. The van der Waals surface area contributed by atoms with E-state index in [9.17, 15) is 14.4 Å². The Morgan fingerprint density at radius 3 is 2.68 bits per heavy atom. The molecule has 0 radical (unpaired) electrons. The third-order valence-electron chi connectivity index (χ3n) is 2.57. The molecule has 0 saturated heterocycles. The number of rotatable bonds is 6. The van der Waals surface area contributed by atoms with Gasteiger partial charge in [-0.05, 0) is 25.0 Å². The lowest BCUT2D eigenvalue weighted by Crippen LogP contribution is -2.41. The number of hydrogen-bond donors (Lipinski definition) is 3. The average Bonchev–Trinajstić information content (AvgIpc) is 2.34. The average molecular weight is 265 g/mol. The van der Waals surface area contributed by atoms with Gasteiger partial charge in [0.05, 0.1) is 5.56 Å². The largest absolute Gasteiger partial charge is 0.480 e. The number of primary amides is 1. The molecule has 0 fully saturated rings. The van der Waals surface area contributed by atoms with Crippen LogP contribution < -0.4 is 11.1 Å². The highest BCUT2D eigenvalue weighted by atomic mass is 16.4. The van der Waals surface area contributed by atoms with Gasteiger partial charge in [0.1, 0.15) is 6.04 Å². The summed E-state index contributed by atoms with van der Waals surface area (Å²) < 4.78 is 0. The summed E-state index contributed by atoms with van der Waals surface area (Å²) >= 11 is 0. The molecule has 0 aromatic carbocycles. The van der Waals surface area contributed by atoms with Crippen molar-refractivity contribution in [3.8, 4) is 0 Å². The molecule has 1 atom stereocenters. The number of nitrogens with zero attached hydrogens (tertiary/aromatic N) is 1. The topological polar surface area (TPSA) is 122 Å². The molecule has 7 nitrogen and oxygen atoms in total. The van der Waals surface area contributed by atoms with Gasteiger partial charge in [0.25, 0.3) is 5.91 Å². The van der Waals surface area contributed by atoms with Gasteiger partial charge in [0.15, 0.2) is 0 Å². The number of carboxylic acids is 1. The smallest absolute Gasteiger partial charge is 0.326 e. The van der Waals surface area contributed by atoms with E-state index in [-0.39, 0.29) is 12.8 Å². The molecule has 1 heterocycles. The molecule has 1 rings (SSSR count). The number of nitrogens with one attached hydrogen (secondary N) is 1. The molecule has 0 spiro atoms. The van der Waals surface area contributed by atoms with Crippen LogP contribution in [0, 0.1) is 6.92 Å². The second-order valence-corrected chi connectivity index (χ2v) is 4.06. The van der Waals surface area contributed by atoms with Gasteiger partial charge in [-0.3, -0.25) is 14.6 Å². The van der Waals surface area contributed by atoms with Crippen molar-refractivity contribution in [2.24, 2.45) is 5.73 Å². The van der Waals surface area contributed by atoms with Crippen molar-refractivity contribution in [1.82, 2.24) is 10.3 Å². The van der Waals surface area contributed by atoms with Crippen molar-refractivity contribution in [3.63, 3.8) is 0 Å². The van der Waals surface area contributed by atoms with Crippen molar-refractivity contribution >= 4 is 17.8 Å². The number of amides is 2. The zero-order valence-corrected chi connectivity index (χ0v) is 10.4. The summed E-state index contributed by atoms with van der Waals surface area (Å²) in [6.07, 6.45) is 2.74. The minimum Gasteiger partial charge on any atom is -0.480 e. The highest BCUT2D eigenvalue weighted by molar-refractivity contribution is 5.97. The van der Waals surface area contributed by atoms with E-state index in [1.54, 1.807) is 13.0 Å². The molecule has 1 aromatic rings. The maximum Gasteiger partial charge on any atom is 0.326 e. The highest BCUT2D eigenvalue weighted by Gasteiger charge is 2.21. The number of hydrogen-bond acceptors (Lipinski definition) is 4. The van der Waals surface area contributed by atoms with Crippen LogP contribution in [0.25, 0.3) is 0 Å². The molecule has 0 aliphatic heterocycles. The van der Waals surface area contributed by atoms with E-state index in [1.165, 1.54) is 12.4 Å². The lowest BCUT2D eigenvalue weighted by atomic mass is 10.1. The molecular weight excluding hydrogens is 250 g/mol. The Morgan fingerprint density at radius 2 is 2.16 bits per heavy atom. The van der Waals surface area contributed by atoms with Crippen LogP contribution in [-0.4, -0.2) is 33.9 Å². The molecular formula is C12H15N3O4. The number of carbonyl (C=O) groups is 3. The van der Waals surface area contributed by atoms with Crippen LogP contribution >= 0.6 is 0 Å². The number of aliphatic carboxylic acids is 1. The van der Waals surface area contributed by atoms with Crippen molar-refractivity contribution in [2.45, 2.75) is 25.8 Å². The second-order valence-electron chi connectivity index (χ2n) is 4.06. The molecule has 0 saturated carbocycles. The predicted octanol–water partition coefficient (Wildman–Crippen LogP) is -0.161. The Morgan fingerprint density at radius 1 is 1.47 bits per heavy atom. The van der Waals surface area contributed by atoms with Crippen LogP contribution in [0.15, 0.2) is 18.5 Å². The first kappa shape index (κ1) is 14.6. The monoisotopic (exact) mass is 265 g/mol. The van der Waals surface area contributed by atoms with Crippen LogP contribution in [0.4, 0.5) is 0 Å². The number of pyridine rings is 1. The zero-order chi connectivity index (χ0) is 14.4. The van der Waals surface area contributed by atoms with Crippen LogP contribution in [0.1, 0.15) is 28.8 Å². The normalized spacial score (nSPS) is 11.6. The third kappa shape index (κ3) is 4.38. The number of aromatic nitrogens is 1. The predicted molar refractivity (Wildman–Crippen MR) is 66.3 cm³/mol. The lowest BCUT2D eigenvalue weighted by molar-refractivity contribution is -0.139. The number of carboxylic acid groups (broad SMARTS) is 1. The fourth-order valence-corrected chi connectivity index (χ4v) is 1.48. The maximum atomic E-state index is 11.9. The van der Waals surface area contributed by atoms with E-state index >= 15 is 0 Å². The molecule has 0 aliphatic carbocycles. The fourth-order valence-electron chi connectivity index (χ4n) is 1.48. The van der Waals surface area contributed by atoms with E-state index in [2.05, 4.69) is 10.3 Å². The van der Waals surface area contributed by atoms with Gasteiger partial charge >= 0.3 is 5.97 Å². The first-order chi connectivity index (χ1) is 8.91. The van der Waals surface area contributed by atoms with Crippen LogP contribution in [0.3, 0.4) is 0 Å². The van der Waals surface area contributed by atoms with Crippen LogP contribution in [0.5, 0.6) is 0 Å². The number of nitrogens with two attached hydrogens (primary N) is 1. The Bertz CT molecular complexity index is 502. The van der Waals surface area contributed by atoms with E-state index in [1.807, 2.05) is 0 Å². The molecule has 102 valence electrons. The van der Waals surface area contributed by atoms with E-state index in [4.69, 9.17) is 10.8 Å². The van der Waals surface area contributed by atoms with E-state index < -0.39 is 23.8 Å². The molecule has 2 amide bonds. The summed E-state index contributed by atoms with van der Waals surface area (Å²) in [5.74, 6) is -2.36. The van der Waals surface area contributed by atoms with Gasteiger partial charge in [-0.1, -0.05) is 0 Å². The summed E-state index contributed by atoms with van der Waals surface area (Å²) in [6.45, 7) is 1.72. The standard InChI is InChI=1S/C12H15N3O4/c1-7-4-5-14-6-8(7)11(17)15-9(12(18)19)2-3-10(13)16/h4-6,9H,2-3H2,1H3,(H2,13,16)(H,15,17)(H,18,19)/t9-/m0/s1. The van der Waals surface area contributed by atoms with E-state index in [0.29, 0.717) is 11.1 Å². The summed E-state index contributed by atoms with van der Waals surface area (Å²) in [4.78, 5) is 37.3. The van der Waals surface area contributed by atoms with E-state index in [0.717, 1.165) is 0 Å². The minimum atomic E-state index is -1.21. The SMILES string of the molecule is Cc1ccncc1C(=O)N[C@@H](CCC(N)=O)C(=O)O. The van der Waals surface area contributed by atoms with Crippen molar-refractivity contribution in [2.75, 3.05) is 0 Å². The fraction of sp³-hybridized carbons (Fsp3) is 0.333. The zero-order valence-electron chi connectivity index (χ0n) is 10.4. The third-order valence-corrected chi connectivity index (χ3v) is 2.57. The molecule has 19 heavy (non-hydrogen) atoms. The van der Waals surface area contributed by atoms with Gasteiger partial charge in [0, 0.05) is 18.8 Å². The summed E-state index contributed by atoms with van der Waals surface area (Å²) in [5.41, 5.74) is 5.94. The van der Waals surface area contributed by atoms with Gasteiger partial charge in [0.2, 0.25) is 5.91 Å². The Labute approximate surface area is 109 Å². The minimum absolute atomic E-state index is 0.0459. The van der Waals surface area contributed by atoms with Gasteiger partial charge in [-0.25, -0.2) is 4.79 Å². The van der Waals surface area contributed by atoms with Gasteiger partial charge in [-0.15, -0.1) is 0 Å². The maximum absolute atomic E-state index is 11.9. The van der Waals surface area contributed by atoms with Crippen molar-refractivity contribution in [3.05, 3.63) is 29.6 Å². The first-order valence-corrected chi connectivity index (χ1v) is 5.64. The Balaban J connectivity index is 2.74. The molecule has 1 aromatic heterocycles. The molecule has 0 bridgehead atoms. The van der Waals surface area contributed by atoms with Crippen LogP contribution in [-0.2, 0) is 9.59 Å². The lowest BCUT2D eigenvalue weighted by Gasteiger charge is -2.14. The van der Waals surface area contributed by atoms with Gasteiger partial charge < -0.3 is 16.2 Å². The summed E-state index contributed by atoms with van der Waals surface area (Å²) in [5, 5.41) is 11.3. The molecule has 4 N–H and O–H groups in total. The van der Waals surface area contributed by atoms with Crippen molar-refractivity contribution in [1.29, 1.82) is 0 Å². The molecule has 7 heteroatoms. The summed E-state index contributed by atoms with van der Waals surface area (Å²) in [6, 6.07) is 0.494. The Kier molecular flexibility index (Phi) is 4.99. The quantitative estimate of drug-likeness (QED) is 0.659. The highest BCUT2D eigenvalue weighted by Crippen LogP contribution is 2.06. The first-order valence-electron chi connectivity index (χ1n) is 5.64. The number of carbonyl (C=O) groups excluding carboxylic acids is 2. The van der Waals surface area contributed by atoms with Gasteiger partial charge in [-0.2, -0.15) is 0 Å². The Hall–Kier alpha value is -2.44. The molecule has 0 unspecified atom stereocenters. The van der Waals surface area contributed by atoms with Crippen molar-refractivity contribution < 1.29 is 19.5 Å². The number of aryl methyl sites for hydroxylation is 1. The molecule has 0 aliphatic rings. The van der Waals surface area contributed by atoms with Crippen LogP contribution in [0.2, 0.25) is 0 Å².